The van der Waals surface area contributed by atoms with Crippen molar-refractivity contribution in [2.24, 2.45) is 0 Å². The summed E-state index contributed by atoms with van der Waals surface area (Å²) >= 11 is 5.72. The third kappa shape index (κ3) is 2.79. The van der Waals surface area contributed by atoms with Crippen LogP contribution in [0.15, 0.2) is 30.2 Å². The zero-order valence-corrected chi connectivity index (χ0v) is 6.62. The van der Waals surface area contributed by atoms with E-state index in [4.69, 9.17) is 16.6 Å². The first-order valence-electron chi connectivity index (χ1n) is 3.22. The number of benzene rings is 1. The first kappa shape index (κ1) is 8.37. The fourth-order valence-corrected chi connectivity index (χ4v) is 0.963. The lowest BCUT2D eigenvalue weighted by molar-refractivity contribution is 0.615. The summed E-state index contributed by atoms with van der Waals surface area (Å²) in [5, 5.41) is 9.05. The average molecular weight is 165 g/mol. The summed E-state index contributed by atoms with van der Waals surface area (Å²) in [4.78, 5) is 0. The van der Waals surface area contributed by atoms with Gasteiger partial charge in [-0.25, -0.2) is 0 Å². The van der Waals surface area contributed by atoms with Crippen molar-refractivity contribution in [2.75, 3.05) is 0 Å². The Balaban J connectivity index is 2.79. The molecule has 1 rings (SSSR count). The van der Waals surface area contributed by atoms with E-state index >= 15 is 0 Å². The van der Waals surface area contributed by atoms with Crippen LogP contribution in [0.2, 0.25) is 5.02 Å². The molecule has 1 aromatic carbocycles. The van der Waals surface area contributed by atoms with Crippen LogP contribution in [0.1, 0.15) is 5.56 Å². The van der Waals surface area contributed by atoms with Gasteiger partial charge in [-0.2, -0.15) is 0 Å². The lowest BCUT2D eigenvalue weighted by Gasteiger charge is -1.92. The molecule has 0 spiro atoms. The zero-order valence-electron chi connectivity index (χ0n) is 5.87. The number of rotatable bonds is 2. The van der Waals surface area contributed by atoms with Gasteiger partial charge in [0.15, 0.2) is 0 Å². The Morgan fingerprint density at radius 2 is 2.27 bits per heavy atom. The molecular formula is C8H7BClO. The van der Waals surface area contributed by atoms with Crippen LogP contribution >= 0.6 is 11.6 Å². The molecule has 1 N–H and O–H groups in total. The van der Waals surface area contributed by atoms with E-state index in [1.165, 1.54) is 0 Å². The minimum Gasteiger partial charge on any atom is -0.450 e. The highest BCUT2D eigenvalue weighted by Crippen LogP contribution is 2.11. The van der Waals surface area contributed by atoms with Gasteiger partial charge in [0.1, 0.15) is 0 Å². The summed E-state index contributed by atoms with van der Waals surface area (Å²) in [5.41, 5.74) is 0.975. The molecular weight excluding hydrogens is 158 g/mol. The summed E-state index contributed by atoms with van der Waals surface area (Å²) < 4.78 is 0. The molecule has 0 bridgehead atoms. The fourth-order valence-electron chi connectivity index (χ4n) is 0.764. The lowest BCUT2D eigenvalue weighted by atomic mass is 10.0. The van der Waals surface area contributed by atoms with Gasteiger partial charge in [-0.15, -0.1) is 0 Å². The van der Waals surface area contributed by atoms with Gasteiger partial charge in [0.25, 0.3) is 0 Å². The highest BCUT2D eigenvalue weighted by atomic mass is 35.5. The molecule has 0 aromatic heterocycles. The predicted molar refractivity (Wildman–Crippen MR) is 48.5 cm³/mol. The molecule has 0 heterocycles. The topological polar surface area (TPSA) is 20.2 Å². The van der Waals surface area contributed by atoms with Crippen LogP contribution in [-0.4, -0.2) is 12.5 Å². The third-order valence-corrected chi connectivity index (χ3v) is 1.46. The van der Waals surface area contributed by atoms with Gasteiger partial charge in [-0.05, 0) is 17.7 Å². The summed E-state index contributed by atoms with van der Waals surface area (Å²) in [7, 11) is 0.987. The summed E-state index contributed by atoms with van der Waals surface area (Å²) in [6.45, 7) is 0. The average Bonchev–Trinajstić information content (AvgIpc) is 2.01. The standard InChI is InChI=1S/C8H7BClO/c10-8-3-1-2-7(6-8)4-5-9-11/h1-6,11H/b5-4+. The molecule has 1 nitrogen and oxygen atoms in total. The quantitative estimate of drug-likeness (QED) is 0.664. The van der Waals surface area contributed by atoms with Gasteiger partial charge < -0.3 is 5.02 Å². The molecule has 0 saturated carbocycles. The number of hydrogen-bond donors (Lipinski definition) is 1. The van der Waals surface area contributed by atoms with Crippen molar-refractivity contribution in [1.82, 2.24) is 0 Å². The first-order chi connectivity index (χ1) is 5.33. The van der Waals surface area contributed by atoms with Gasteiger partial charge >= 0.3 is 7.48 Å². The molecule has 11 heavy (non-hydrogen) atoms. The van der Waals surface area contributed by atoms with E-state index in [2.05, 4.69) is 0 Å². The largest absolute Gasteiger partial charge is 0.450 e. The third-order valence-electron chi connectivity index (χ3n) is 1.22. The first-order valence-corrected chi connectivity index (χ1v) is 3.60. The minimum absolute atomic E-state index is 0.699. The second kappa shape index (κ2) is 4.22. The molecule has 0 aliphatic rings. The molecule has 1 radical (unpaired) electrons. The van der Waals surface area contributed by atoms with E-state index in [0.29, 0.717) is 5.02 Å². The Morgan fingerprint density at radius 3 is 2.91 bits per heavy atom. The molecule has 0 aliphatic carbocycles. The lowest BCUT2D eigenvalue weighted by Crippen LogP contribution is -1.77. The van der Waals surface area contributed by atoms with Gasteiger partial charge in [0.2, 0.25) is 0 Å². The van der Waals surface area contributed by atoms with E-state index in [1.807, 2.05) is 24.3 Å². The predicted octanol–water partition coefficient (Wildman–Crippen LogP) is 1.92. The molecule has 0 unspecified atom stereocenters. The highest BCUT2D eigenvalue weighted by Gasteiger charge is 1.87. The van der Waals surface area contributed by atoms with Crippen LogP contribution in [0.3, 0.4) is 0 Å². The Kier molecular flexibility index (Phi) is 3.21. The van der Waals surface area contributed by atoms with Crippen molar-refractivity contribution in [2.45, 2.75) is 0 Å². The van der Waals surface area contributed by atoms with E-state index in [9.17, 15) is 0 Å². The van der Waals surface area contributed by atoms with E-state index in [1.54, 1.807) is 12.1 Å². The van der Waals surface area contributed by atoms with E-state index in [0.717, 1.165) is 13.0 Å². The molecule has 0 amide bonds. The fraction of sp³-hybridized carbons (Fsp3) is 0. The van der Waals surface area contributed by atoms with Crippen LogP contribution in [0.5, 0.6) is 0 Å². The number of hydrogen-bond acceptors (Lipinski definition) is 1. The molecule has 1 aromatic rings. The smallest absolute Gasteiger partial charge is 0.318 e. The monoisotopic (exact) mass is 165 g/mol. The second-order valence-corrected chi connectivity index (χ2v) is 2.50. The van der Waals surface area contributed by atoms with Crippen molar-refractivity contribution >= 4 is 25.2 Å². The van der Waals surface area contributed by atoms with Gasteiger partial charge in [-0.3, -0.25) is 0 Å². The molecule has 3 heteroatoms. The summed E-state index contributed by atoms with van der Waals surface area (Å²) in [6, 6.07) is 7.40. The Labute approximate surface area is 71.6 Å². The van der Waals surface area contributed by atoms with Gasteiger partial charge in [0.05, 0.1) is 0 Å². The second-order valence-electron chi connectivity index (χ2n) is 2.06. The molecule has 0 aliphatic heterocycles. The van der Waals surface area contributed by atoms with Crippen LogP contribution in [-0.2, 0) is 0 Å². The Morgan fingerprint density at radius 1 is 1.45 bits per heavy atom. The number of halogens is 1. The van der Waals surface area contributed by atoms with Crippen molar-refractivity contribution in [1.29, 1.82) is 0 Å². The maximum Gasteiger partial charge on any atom is 0.318 e. The van der Waals surface area contributed by atoms with Crippen molar-refractivity contribution in [3.8, 4) is 0 Å². The van der Waals surface area contributed by atoms with Crippen molar-refractivity contribution in [3.05, 3.63) is 40.8 Å². The summed E-state index contributed by atoms with van der Waals surface area (Å²) in [6.07, 6.45) is 1.77. The Bertz CT molecular complexity index is 260. The van der Waals surface area contributed by atoms with Gasteiger partial charge in [0, 0.05) is 5.02 Å². The van der Waals surface area contributed by atoms with Crippen molar-refractivity contribution in [3.63, 3.8) is 0 Å². The van der Waals surface area contributed by atoms with Gasteiger partial charge in [-0.1, -0.05) is 35.8 Å². The maximum absolute atomic E-state index is 8.35. The van der Waals surface area contributed by atoms with Crippen LogP contribution < -0.4 is 0 Å². The van der Waals surface area contributed by atoms with E-state index < -0.39 is 0 Å². The minimum atomic E-state index is 0.699. The molecule has 55 valence electrons. The zero-order chi connectivity index (χ0) is 8.10. The maximum atomic E-state index is 8.35. The molecule has 0 fully saturated rings. The SMILES string of the molecule is O[B]/C=C/c1cccc(Cl)c1. The van der Waals surface area contributed by atoms with Crippen LogP contribution in [0.25, 0.3) is 6.08 Å². The highest BCUT2D eigenvalue weighted by molar-refractivity contribution is 6.34. The normalized spacial score (nSPS) is 10.4. The van der Waals surface area contributed by atoms with E-state index in [-0.39, 0.29) is 0 Å². The van der Waals surface area contributed by atoms with Crippen molar-refractivity contribution < 1.29 is 5.02 Å². The van der Waals surface area contributed by atoms with Crippen LogP contribution in [0.4, 0.5) is 0 Å². The molecule has 0 atom stereocenters. The summed E-state index contributed by atoms with van der Waals surface area (Å²) in [5.74, 6) is 1.55. The van der Waals surface area contributed by atoms with Crippen LogP contribution in [0, 0.1) is 0 Å². The Hall–Kier alpha value is -0.725. The molecule has 0 saturated heterocycles.